The van der Waals surface area contributed by atoms with Crippen LogP contribution in [0.1, 0.15) is 13.8 Å². The predicted octanol–water partition coefficient (Wildman–Crippen LogP) is 1.44. The quantitative estimate of drug-likeness (QED) is 0.792. The Kier molecular flexibility index (Phi) is 3.03. The number of nitrogens with zero attached hydrogens (tertiary/aromatic N) is 3. The summed E-state index contributed by atoms with van der Waals surface area (Å²) in [6.45, 7) is 6.35. The average Bonchev–Trinajstić information content (AvgIpc) is 2.15. The van der Waals surface area contributed by atoms with Gasteiger partial charge in [-0.05, 0) is 29.8 Å². The Labute approximate surface area is 103 Å². The second-order valence-corrected chi connectivity index (χ2v) is 5.24. The van der Waals surface area contributed by atoms with Crippen LogP contribution in [-0.2, 0) is 4.74 Å². The van der Waals surface area contributed by atoms with Crippen molar-refractivity contribution in [2.75, 3.05) is 30.4 Å². The minimum absolute atomic E-state index is 0.106. The minimum Gasteiger partial charge on any atom is -0.383 e. The van der Waals surface area contributed by atoms with Crippen molar-refractivity contribution < 1.29 is 4.74 Å². The summed E-state index contributed by atoms with van der Waals surface area (Å²) in [5.41, 5.74) is 5.61. The summed E-state index contributed by atoms with van der Waals surface area (Å²) in [4.78, 5) is 10.7. The Morgan fingerprint density at radius 1 is 1.50 bits per heavy atom. The highest BCUT2D eigenvalue weighted by Crippen LogP contribution is 2.25. The van der Waals surface area contributed by atoms with E-state index in [9.17, 15) is 0 Å². The second-order valence-electron chi connectivity index (χ2n) is 4.43. The highest BCUT2D eigenvalue weighted by atomic mass is 79.9. The maximum Gasteiger partial charge on any atom is 0.228 e. The average molecular weight is 287 g/mol. The molecule has 0 aromatic carbocycles. The summed E-state index contributed by atoms with van der Waals surface area (Å²) < 4.78 is 6.16. The molecule has 0 atom stereocenters. The first-order valence-corrected chi connectivity index (χ1v) is 5.94. The Morgan fingerprint density at radius 2 is 2.25 bits per heavy atom. The molecule has 16 heavy (non-hydrogen) atoms. The molecule has 1 aromatic rings. The van der Waals surface area contributed by atoms with E-state index < -0.39 is 0 Å². The summed E-state index contributed by atoms with van der Waals surface area (Å²) in [5, 5.41) is 0. The van der Waals surface area contributed by atoms with Gasteiger partial charge in [0.2, 0.25) is 5.95 Å². The Morgan fingerprint density at radius 3 is 2.88 bits per heavy atom. The Hall–Kier alpha value is -0.880. The van der Waals surface area contributed by atoms with Crippen LogP contribution in [0.3, 0.4) is 0 Å². The van der Waals surface area contributed by atoms with E-state index in [2.05, 4.69) is 44.6 Å². The molecule has 2 N–H and O–H groups in total. The van der Waals surface area contributed by atoms with Crippen LogP contribution >= 0.6 is 15.9 Å². The van der Waals surface area contributed by atoms with Gasteiger partial charge in [0, 0.05) is 12.6 Å². The topological polar surface area (TPSA) is 64.3 Å². The highest BCUT2D eigenvalue weighted by molar-refractivity contribution is 9.10. The molecule has 88 valence electrons. The molecule has 0 saturated carbocycles. The molecule has 6 heteroatoms. The van der Waals surface area contributed by atoms with Crippen molar-refractivity contribution in [2.24, 2.45) is 0 Å². The predicted molar refractivity (Wildman–Crippen MR) is 66.4 cm³/mol. The molecule has 0 radical (unpaired) electrons. The fourth-order valence-corrected chi connectivity index (χ4v) is 2.17. The first-order valence-electron chi connectivity index (χ1n) is 5.14. The van der Waals surface area contributed by atoms with E-state index in [0.717, 1.165) is 6.54 Å². The fourth-order valence-electron chi connectivity index (χ4n) is 1.77. The number of hydrogen-bond donors (Lipinski definition) is 1. The van der Waals surface area contributed by atoms with Crippen LogP contribution in [0, 0.1) is 0 Å². The molecule has 2 rings (SSSR count). The number of nitrogen functional groups attached to an aromatic ring is 1. The largest absolute Gasteiger partial charge is 0.383 e. The van der Waals surface area contributed by atoms with Crippen molar-refractivity contribution in [2.45, 2.75) is 19.4 Å². The van der Waals surface area contributed by atoms with Crippen molar-refractivity contribution in [3.63, 3.8) is 0 Å². The lowest BCUT2D eigenvalue weighted by Gasteiger charge is -2.42. The van der Waals surface area contributed by atoms with Crippen LogP contribution in [0.2, 0.25) is 0 Å². The van der Waals surface area contributed by atoms with Gasteiger partial charge in [0.15, 0.2) is 0 Å². The molecule has 1 fully saturated rings. The third kappa shape index (κ3) is 2.27. The summed E-state index contributed by atoms with van der Waals surface area (Å²) in [7, 11) is 0. The van der Waals surface area contributed by atoms with Crippen molar-refractivity contribution in [1.29, 1.82) is 0 Å². The molecule has 1 aliphatic rings. The van der Waals surface area contributed by atoms with E-state index in [1.165, 1.54) is 0 Å². The van der Waals surface area contributed by atoms with Crippen molar-refractivity contribution in [3.05, 3.63) is 10.7 Å². The van der Waals surface area contributed by atoms with Crippen LogP contribution in [-0.4, -0.2) is 35.3 Å². The monoisotopic (exact) mass is 286 g/mol. The molecule has 5 nitrogen and oxygen atoms in total. The normalized spacial score (nSPS) is 19.8. The molecule has 2 heterocycles. The number of rotatable bonds is 1. The zero-order valence-electron chi connectivity index (χ0n) is 9.40. The van der Waals surface area contributed by atoms with E-state index in [4.69, 9.17) is 10.5 Å². The molecule has 0 bridgehead atoms. The van der Waals surface area contributed by atoms with Gasteiger partial charge in [0.05, 0.1) is 18.8 Å². The van der Waals surface area contributed by atoms with Gasteiger partial charge in [-0.2, -0.15) is 4.98 Å². The van der Waals surface area contributed by atoms with Gasteiger partial charge >= 0.3 is 0 Å². The van der Waals surface area contributed by atoms with Crippen LogP contribution in [0.4, 0.5) is 11.8 Å². The second kappa shape index (κ2) is 4.18. The molecule has 0 unspecified atom stereocenters. The van der Waals surface area contributed by atoms with Gasteiger partial charge < -0.3 is 15.4 Å². The van der Waals surface area contributed by atoms with Gasteiger partial charge in [0.25, 0.3) is 0 Å². The van der Waals surface area contributed by atoms with Crippen molar-refractivity contribution >= 4 is 27.7 Å². The zero-order valence-corrected chi connectivity index (χ0v) is 11.0. The number of nitrogens with two attached hydrogens (primary N) is 1. The zero-order chi connectivity index (χ0) is 11.8. The smallest absolute Gasteiger partial charge is 0.228 e. The van der Waals surface area contributed by atoms with Crippen molar-refractivity contribution in [3.8, 4) is 0 Å². The fraction of sp³-hybridized carbons (Fsp3) is 0.600. The molecule has 1 aliphatic heterocycles. The van der Waals surface area contributed by atoms with Crippen LogP contribution in [0.15, 0.2) is 10.7 Å². The Balaban J connectivity index is 2.34. The SMILES string of the molecule is CC1(C)COCCN1c1nc(N)cc(Br)n1. The number of ether oxygens (including phenoxy) is 1. The first kappa shape index (κ1) is 11.6. The van der Waals surface area contributed by atoms with Crippen molar-refractivity contribution in [1.82, 2.24) is 9.97 Å². The third-order valence-corrected chi connectivity index (χ3v) is 3.00. The van der Waals surface area contributed by atoms with Crippen LogP contribution in [0.5, 0.6) is 0 Å². The number of morpholine rings is 1. The molecular formula is C10H15BrN4O. The van der Waals surface area contributed by atoms with Gasteiger partial charge in [-0.15, -0.1) is 0 Å². The standard InChI is InChI=1S/C10H15BrN4O/c1-10(2)6-16-4-3-15(10)9-13-7(11)5-8(12)14-9/h5H,3-4,6H2,1-2H3,(H2,12,13,14). The minimum atomic E-state index is -0.106. The lowest BCUT2D eigenvalue weighted by atomic mass is 10.0. The first-order chi connectivity index (χ1) is 7.49. The third-order valence-electron chi connectivity index (χ3n) is 2.59. The lowest BCUT2D eigenvalue weighted by molar-refractivity contribution is 0.0634. The van der Waals surface area contributed by atoms with Gasteiger partial charge in [0.1, 0.15) is 10.4 Å². The number of halogens is 1. The summed E-state index contributed by atoms with van der Waals surface area (Å²) in [6, 6.07) is 1.69. The molecular weight excluding hydrogens is 272 g/mol. The van der Waals surface area contributed by atoms with Gasteiger partial charge in [-0.1, -0.05) is 0 Å². The molecule has 1 aromatic heterocycles. The number of aromatic nitrogens is 2. The maximum atomic E-state index is 5.72. The van der Waals surface area contributed by atoms with E-state index in [0.29, 0.717) is 29.6 Å². The van der Waals surface area contributed by atoms with Gasteiger partial charge in [-0.3, -0.25) is 0 Å². The number of hydrogen-bond acceptors (Lipinski definition) is 5. The highest BCUT2D eigenvalue weighted by Gasteiger charge is 2.32. The Bertz CT molecular complexity index is 376. The van der Waals surface area contributed by atoms with Crippen LogP contribution < -0.4 is 10.6 Å². The van der Waals surface area contributed by atoms with Gasteiger partial charge in [-0.25, -0.2) is 4.98 Å². The molecule has 0 amide bonds. The van der Waals surface area contributed by atoms with Crippen LogP contribution in [0.25, 0.3) is 0 Å². The molecule has 0 spiro atoms. The summed E-state index contributed by atoms with van der Waals surface area (Å²) >= 11 is 3.33. The van der Waals surface area contributed by atoms with E-state index in [1.807, 2.05) is 0 Å². The summed E-state index contributed by atoms with van der Waals surface area (Å²) in [5.74, 6) is 1.12. The molecule has 1 saturated heterocycles. The number of anilines is 2. The van der Waals surface area contributed by atoms with E-state index in [1.54, 1.807) is 6.07 Å². The van der Waals surface area contributed by atoms with E-state index in [-0.39, 0.29) is 5.54 Å². The molecule has 0 aliphatic carbocycles. The van der Waals surface area contributed by atoms with E-state index >= 15 is 0 Å². The summed E-state index contributed by atoms with van der Waals surface area (Å²) in [6.07, 6.45) is 0. The lowest BCUT2D eigenvalue weighted by Crippen LogP contribution is -2.53. The maximum absolute atomic E-state index is 5.72.